The highest BCUT2D eigenvalue weighted by Crippen LogP contribution is 2.19. The van der Waals surface area contributed by atoms with Gasteiger partial charge >= 0.3 is 0 Å². The highest BCUT2D eigenvalue weighted by molar-refractivity contribution is 6.08. The van der Waals surface area contributed by atoms with E-state index >= 15 is 0 Å². The molecule has 8 nitrogen and oxygen atoms in total. The van der Waals surface area contributed by atoms with E-state index in [-0.39, 0.29) is 17.7 Å². The monoisotopic (exact) mass is 545 g/mol. The fourth-order valence-electron chi connectivity index (χ4n) is 4.51. The Bertz CT molecular complexity index is 1730. The Morgan fingerprint density at radius 1 is 0.585 bits per heavy atom. The van der Waals surface area contributed by atoms with Gasteiger partial charge < -0.3 is 16.0 Å². The first kappa shape index (κ1) is 27.2. The summed E-state index contributed by atoms with van der Waals surface area (Å²) in [6.07, 6.45) is 5.73. The average molecular weight is 546 g/mol. The molecule has 3 amide bonds. The molecule has 0 bridgehead atoms. The van der Waals surface area contributed by atoms with E-state index in [0.717, 1.165) is 24.0 Å². The molecule has 0 aliphatic heterocycles. The number of nitrogens with zero attached hydrogens (tertiary/aromatic N) is 2. The second-order valence-electron chi connectivity index (χ2n) is 9.51. The van der Waals surface area contributed by atoms with Gasteiger partial charge in [0.15, 0.2) is 18.6 Å². The Hall–Kier alpha value is -5.37. The number of aryl methyl sites for hydroxylation is 2. The molecule has 2 aromatic heterocycles. The first-order valence-electron chi connectivity index (χ1n) is 13.5. The summed E-state index contributed by atoms with van der Waals surface area (Å²) < 4.78 is 4.07. The van der Waals surface area contributed by atoms with Crippen molar-refractivity contribution < 1.29 is 23.5 Å². The summed E-state index contributed by atoms with van der Waals surface area (Å²) >= 11 is 0. The third kappa shape index (κ3) is 6.45. The van der Waals surface area contributed by atoms with Gasteiger partial charge in [0.05, 0.1) is 0 Å². The third-order valence-electron chi connectivity index (χ3n) is 6.77. The van der Waals surface area contributed by atoms with Crippen LogP contribution < -0.4 is 25.1 Å². The first-order chi connectivity index (χ1) is 19.9. The average Bonchev–Trinajstić information content (AvgIpc) is 3.01. The molecule has 204 valence electrons. The van der Waals surface area contributed by atoms with Crippen molar-refractivity contribution in [2.75, 3.05) is 16.0 Å². The van der Waals surface area contributed by atoms with Crippen LogP contribution in [0, 0.1) is 0 Å². The van der Waals surface area contributed by atoms with E-state index in [9.17, 15) is 14.4 Å². The highest BCUT2D eigenvalue weighted by atomic mass is 16.2. The number of anilines is 3. The van der Waals surface area contributed by atoms with Crippen LogP contribution in [-0.2, 0) is 13.1 Å². The van der Waals surface area contributed by atoms with Crippen molar-refractivity contribution in [3.8, 4) is 0 Å². The molecule has 8 heteroatoms. The molecule has 0 spiro atoms. The van der Waals surface area contributed by atoms with Gasteiger partial charge in [0.2, 0.25) is 5.52 Å². The van der Waals surface area contributed by atoms with E-state index in [1.807, 2.05) is 60.3 Å². The van der Waals surface area contributed by atoms with Gasteiger partial charge in [-0.25, -0.2) is 4.57 Å². The molecule has 5 aromatic rings. The predicted octanol–water partition coefficient (Wildman–Crippen LogP) is 5.21. The number of hydrogen-bond donors (Lipinski definition) is 3. The fourth-order valence-corrected chi connectivity index (χ4v) is 4.51. The number of pyridine rings is 2. The molecule has 3 N–H and O–H groups in total. The summed E-state index contributed by atoms with van der Waals surface area (Å²) in [7, 11) is 0. The Balaban J connectivity index is 1.18. The number of aromatic nitrogens is 2. The van der Waals surface area contributed by atoms with Crippen molar-refractivity contribution in [1.82, 2.24) is 0 Å². The summed E-state index contributed by atoms with van der Waals surface area (Å²) in [6, 6.07) is 26.8. The minimum Gasteiger partial charge on any atom is -0.322 e. The van der Waals surface area contributed by atoms with Crippen LogP contribution in [-0.4, -0.2) is 17.7 Å². The van der Waals surface area contributed by atoms with Crippen LogP contribution in [0.15, 0.2) is 110 Å². The lowest BCUT2D eigenvalue weighted by Crippen LogP contribution is -2.32. The summed E-state index contributed by atoms with van der Waals surface area (Å²) in [4.78, 5) is 38.2. The molecule has 3 aromatic carbocycles. The molecule has 0 atom stereocenters. The zero-order valence-corrected chi connectivity index (χ0v) is 22.9. The van der Waals surface area contributed by atoms with Crippen molar-refractivity contribution >= 4 is 45.7 Å². The van der Waals surface area contributed by atoms with Gasteiger partial charge in [-0.1, -0.05) is 0 Å². The molecule has 0 saturated carbocycles. The van der Waals surface area contributed by atoms with Crippen molar-refractivity contribution in [3.05, 3.63) is 126 Å². The van der Waals surface area contributed by atoms with Crippen molar-refractivity contribution in [2.24, 2.45) is 0 Å². The number of amides is 3. The maximum atomic E-state index is 12.8. The number of benzene rings is 3. The Labute approximate surface area is 238 Å². The SMILES string of the molecule is CC[n+]1cccc(C(=O)Nc2ccc(NC(=O)c3ccc(C(=O)Nc4ccc5c(ccc[n+]5CC)c4)cc3)cc2)c1. The zero-order valence-electron chi connectivity index (χ0n) is 22.9. The van der Waals surface area contributed by atoms with Crippen LogP contribution in [0.3, 0.4) is 0 Å². The zero-order chi connectivity index (χ0) is 28.8. The van der Waals surface area contributed by atoms with Crippen molar-refractivity contribution in [2.45, 2.75) is 26.9 Å². The molecular weight excluding hydrogens is 514 g/mol. The second kappa shape index (κ2) is 12.2. The fraction of sp³-hybridized carbons (Fsp3) is 0.121. The van der Waals surface area contributed by atoms with Crippen LogP contribution >= 0.6 is 0 Å². The third-order valence-corrected chi connectivity index (χ3v) is 6.77. The molecule has 5 rings (SSSR count). The number of carbonyl (C=O) groups is 3. The lowest BCUT2D eigenvalue weighted by atomic mass is 10.1. The van der Waals surface area contributed by atoms with Crippen molar-refractivity contribution in [1.29, 1.82) is 0 Å². The Kier molecular flexibility index (Phi) is 8.10. The summed E-state index contributed by atoms with van der Waals surface area (Å²) in [6.45, 7) is 5.73. The number of carbonyl (C=O) groups excluding carboxylic acids is 3. The van der Waals surface area contributed by atoms with Crippen LogP contribution in [0.4, 0.5) is 17.1 Å². The summed E-state index contributed by atoms with van der Waals surface area (Å²) in [5.74, 6) is -0.770. The maximum Gasteiger partial charge on any atom is 0.261 e. The van der Waals surface area contributed by atoms with E-state index in [1.165, 1.54) is 0 Å². The maximum absolute atomic E-state index is 12.8. The minimum absolute atomic E-state index is 0.209. The largest absolute Gasteiger partial charge is 0.322 e. The van der Waals surface area contributed by atoms with E-state index < -0.39 is 0 Å². The molecule has 2 heterocycles. The van der Waals surface area contributed by atoms with Crippen LogP contribution in [0.1, 0.15) is 44.9 Å². The number of rotatable bonds is 8. The number of fused-ring (bicyclic) bond motifs is 1. The molecular formula is C33H31N5O3+2. The van der Waals surface area contributed by atoms with E-state index in [1.54, 1.807) is 60.8 Å². The van der Waals surface area contributed by atoms with Crippen LogP contribution in [0.5, 0.6) is 0 Å². The molecule has 0 aliphatic carbocycles. The molecule has 41 heavy (non-hydrogen) atoms. The lowest BCUT2D eigenvalue weighted by molar-refractivity contribution is -0.693. The molecule has 0 saturated heterocycles. The van der Waals surface area contributed by atoms with E-state index in [0.29, 0.717) is 33.8 Å². The van der Waals surface area contributed by atoms with Gasteiger partial charge in [0.25, 0.3) is 17.7 Å². The minimum atomic E-state index is -0.305. The van der Waals surface area contributed by atoms with Gasteiger partial charge in [-0.3, -0.25) is 14.4 Å². The topological polar surface area (TPSA) is 95.1 Å². The number of hydrogen-bond acceptors (Lipinski definition) is 3. The normalized spacial score (nSPS) is 10.7. The molecule has 0 fully saturated rings. The molecule has 0 radical (unpaired) electrons. The van der Waals surface area contributed by atoms with Gasteiger partial charge in [-0.05, 0) is 86.6 Å². The Morgan fingerprint density at radius 3 is 1.71 bits per heavy atom. The van der Waals surface area contributed by atoms with Crippen LogP contribution in [0.25, 0.3) is 10.9 Å². The van der Waals surface area contributed by atoms with Crippen LogP contribution in [0.2, 0.25) is 0 Å². The van der Waals surface area contributed by atoms with Gasteiger partial charge in [-0.2, -0.15) is 4.57 Å². The molecule has 0 aliphatic rings. The molecule has 0 unspecified atom stereocenters. The van der Waals surface area contributed by atoms with Crippen molar-refractivity contribution in [3.63, 3.8) is 0 Å². The van der Waals surface area contributed by atoms with Gasteiger partial charge in [0.1, 0.15) is 18.7 Å². The Morgan fingerprint density at radius 2 is 1.12 bits per heavy atom. The first-order valence-corrected chi connectivity index (χ1v) is 13.5. The summed E-state index contributed by atoms with van der Waals surface area (Å²) in [5.41, 5.74) is 4.42. The lowest BCUT2D eigenvalue weighted by Gasteiger charge is -2.09. The summed E-state index contributed by atoms with van der Waals surface area (Å²) in [5, 5.41) is 9.68. The predicted molar refractivity (Wildman–Crippen MR) is 159 cm³/mol. The van der Waals surface area contributed by atoms with Gasteiger partial charge in [0, 0.05) is 51.8 Å². The highest BCUT2D eigenvalue weighted by Gasteiger charge is 2.13. The van der Waals surface area contributed by atoms with E-state index in [2.05, 4.69) is 27.4 Å². The van der Waals surface area contributed by atoms with E-state index in [4.69, 9.17) is 0 Å². The quantitative estimate of drug-likeness (QED) is 0.234. The standard InChI is InChI=1S/C33H29N5O3/c1-3-37-19-5-8-26(22-37)33(41)35-28-15-13-27(14-16-28)34-31(39)23-9-11-24(12-10-23)32(40)36-29-17-18-30-25(21-29)7-6-20-38(30)4-2/h5-22H,3-4H2,1-2H3,(H-2,34,35,36,39,40,41)/p+2. The number of nitrogens with one attached hydrogen (secondary N) is 3. The van der Waals surface area contributed by atoms with Gasteiger partial charge in [-0.15, -0.1) is 0 Å². The smallest absolute Gasteiger partial charge is 0.261 e. The second-order valence-corrected chi connectivity index (χ2v) is 9.51.